The van der Waals surface area contributed by atoms with Crippen LogP contribution in [0, 0.1) is 5.82 Å². The van der Waals surface area contributed by atoms with Crippen molar-refractivity contribution < 1.29 is 14.0 Å². The second-order valence-corrected chi connectivity index (χ2v) is 6.60. The highest BCUT2D eigenvalue weighted by molar-refractivity contribution is 5.95. The molecule has 2 amide bonds. The Kier molecular flexibility index (Phi) is 4.69. The monoisotopic (exact) mass is 373 g/mol. The third kappa shape index (κ3) is 3.74. The highest BCUT2D eigenvalue weighted by Gasteiger charge is 2.25. The van der Waals surface area contributed by atoms with Crippen molar-refractivity contribution in [2.75, 3.05) is 37.6 Å². The van der Waals surface area contributed by atoms with Gasteiger partial charge in [0.1, 0.15) is 11.5 Å². The molecule has 4 heterocycles. The maximum Gasteiger partial charge on any atom is 0.274 e. The number of halogens is 1. The Balaban J connectivity index is 1.46. The van der Waals surface area contributed by atoms with E-state index in [1.165, 1.54) is 0 Å². The fraction of sp³-hybridized carbons (Fsp3) is 0.471. The van der Waals surface area contributed by atoms with Gasteiger partial charge in [0.05, 0.1) is 18.9 Å². The summed E-state index contributed by atoms with van der Waals surface area (Å²) in [6.45, 7) is 3.07. The molecule has 9 nitrogen and oxygen atoms in total. The highest BCUT2D eigenvalue weighted by Crippen LogP contribution is 2.15. The molecule has 1 saturated heterocycles. The SMILES string of the molecule is O=C1CN(C(=O)c2cn3c(n2)CCN(c2ncc(F)cn2)CC3)CCCN1. The summed E-state index contributed by atoms with van der Waals surface area (Å²) in [7, 11) is 0. The van der Waals surface area contributed by atoms with Crippen LogP contribution in [0.25, 0.3) is 0 Å². The average molecular weight is 373 g/mol. The van der Waals surface area contributed by atoms with Crippen LogP contribution in [0.2, 0.25) is 0 Å². The number of amides is 2. The Labute approximate surface area is 155 Å². The van der Waals surface area contributed by atoms with E-state index < -0.39 is 5.82 Å². The van der Waals surface area contributed by atoms with Gasteiger partial charge in [0.2, 0.25) is 11.9 Å². The molecule has 2 aliphatic rings. The Morgan fingerprint density at radius 2 is 1.96 bits per heavy atom. The lowest BCUT2D eigenvalue weighted by Gasteiger charge is -2.19. The van der Waals surface area contributed by atoms with Gasteiger partial charge in [0.15, 0.2) is 5.82 Å². The van der Waals surface area contributed by atoms with Gasteiger partial charge in [0, 0.05) is 45.3 Å². The maximum atomic E-state index is 13.0. The van der Waals surface area contributed by atoms with Crippen LogP contribution in [0.1, 0.15) is 22.7 Å². The van der Waals surface area contributed by atoms with Gasteiger partial charge < -0.3 is 19.7 Å². The van der Waals surface area contributed by atoms with Crippen molar-refractivity contribution in [3.8, 4) is 0 Å². The van der Waals surface area contributed by atoms with Gasteiger partial charge in [-0.1, -0.05) is 0 Å². The summed E-state index contributed by atoms with van der Waals surface area (Å²) < 4.78 is 15.0. The molecule has 2 aliphatic heterocycles. The van der Waals surface area contributed by atoms with E-state index in [4.69, 9.17) is 0 Å². The van der Waals surface area contributed by atoms with Crippen LogP contribution in [-0.4, -0.2) is 69.0 Å². The van der Waals surface area contributed by atoms with E-state index in [1.54, 1.807) is 11.1 Å². The minimum absolute atomic E-state index is 0.0662. The van der Waals surface area contributed by atoms with Crippen LogP contribution in [0.5, 0.6) is 0 Å². The van der Waals surface area contributed by atoms with Crippen molar-refractivity contribution in [2.45, 2.75) is 19.4 Å². The largest absolute Gasteiger partial charge is 0.354 e. The number of imidazole rings is 1. The van der Waals surface area contributed by atoms with Crippen molar-refractivity contribution >= 4 is 17.8 Å². The molecule has 1 fully saturated rings. The van der Waals surface area contributed by atoms with Crippen LogP contribution >= 0.6 is 0 Å². The van der Waals surface area contributed by atoms with E-state index in [1.807, 2.05) is 9.47 Å². The second kappa shape index (κ2) is 7.29. The Morgan fingerprint density at radius 1 is 1.15 bits per heavy atom. The van der Waals surface area contributed by atoms with Crippen LogP contribution < -0.4 is 10.2 Å². The molecular weight excluding hydrogens is 353 g/mol. The molecule has 0 radical (unpaired) electrons. The quantitative estimate of drug-likeness (QED) is 0.786. The Morgan fingerprint density at radius 3 is 2.78 bits per heavy atom. The summed E-state index contributed by atoms with van der Waals surface area (Å²) >= 11 is 0. The molecule has 0 spiro atoms. The summed E-state index contributed by atoms with van der Waals surface area (Å²) in [4.78, 5) is 40.5. The summed E-state index contributed by atoms with van der Waals surface area (Å²) in [5.74, 6) is 0.464. The van der Waals surface area contributed by atoms with Crippen molar-refractivity contribution in [3.05, 3.63) is 35.9 Å². The predicted octanol–water partition coefficient (Wildman–Crippen LogP) is -0.163. The van der Waals surface area contributed by atoms with Gasteiger partial charge in [-0.3, -0.25) is 9.59 Å². The lowest BCUT2D eigenvalue weighted by molar-refractivity contribution is -0.121. The first-order valence-electron chi connectivity index (χ1n) is 8.94. The fourth-order valence-electron chi connectivity index (χ4n) is 3.34. The lowest BCUT2D eigenvalue weighted by Crippen LogP contribution is -2.37. The standard InChI is InChI=1S/C17H20FN7O2/c18-12-8-20-17(21-9-12)23-5-2-14-22-13(10-24(14)7-6-23)16(27)25-4-1-3-19-15(26)11-25/h8-10H,1-7,11H2,(H,19,26). The molecule has 0 unspecified atom stereocenters. The summed E-state index contributed by atoms with van der Waals surface area (Å²) in [5.41, 5.74) is 0.367. The third-order valence-electron chi connectivity index (χ3n) is 4.73. The van der Waals surface area contributed by atoms with Crippen LogP contribution in [0.4, 0.5) is 10.3 Å². The number of aromatic nitrogens is 4. The van der Waals surface area contributed by atoms with Crippen molar-refractivity contribution in [1.29, 1.82) is 0 Å². The molecule has 0 aliphatic carbocycles. The topological polar surface area (TPSA) is 96.3 Å². The van der Waals surface area contributed by atoms with E-state index in [2.05, 4.69) is 20.3 Å². The third-order valence-corrected chi connectivity index (χ3v) is 4.73. The molecule has 10 heteroatoms. The molecule has 27 heavy (non-hydrogen) atoms. The van der Waals surface area contributed by atoms with Crippen LogP contribution in [0.3, 0.4) is 0 Å². The van der Waals surface area contributed by atoms with Crippen molar-refractivity contribution in [1.82, 2.24) is 29.7 Å². The number of carbonyl (C=O) groups excluding carboxylic acids is 2. The first-order chi connectivity index (χ1) is 13.1. The van der Waals surface area contributed by atoms with Crippen molar-refractivity contribution in [2.24, 2.45) is 0 Å². The van der Waals surface area contributed by atoms with Gasteiger partial charge in [0.25, 0.3) is 5.91 Å². The summed E-state index contributed by atoms with van der Waals surface area (Å²) in [6, 6.07) is 0. The zero-order chi connectivity index (χ0) is 18.8. The molecular formula is C17H20FN7O2. The molecule has 2 aromatic rings. The van der Waals surface area contributed by atoms with E-state index in [9.17, 15) is 14.0 Å². The number of rotatable bonds is 2. The zero-order valence-electron chi connectivity index (χ0n) is 14.8. The smallest absolute Gasteiger partial charge is 0.274 e. The van der Waals surface area contributed by atoms with E-state index in [0.29, 0.717) is 50.8 Å². The van der Waals surface area contributed by atoms with E-state index >= 15 is 0 Å². The highest BCUT2D eigenvalue weighted by atomic mass is 19.1. The fourth-order valence-corrected chi connectivity index (χ4v) is 3.34. The second-order valence-electron chi connectivity index (χ2n) is 6.60. The van der Waals surface area contributed by atoms with Gasteiger partial charge >= 0.3 is 0 Å². The summed E-state index contributed by atoms with van der Waals surface area (Å²) in [6.07, 6.45) is 5.40. The molecule has 4 rings (SSSR count). The molecule has 142 valence electrons. The molecule has 2 aromatic heterocycles. The summed E-state index contributed by atoms with van der Waals surface area (Å²) in [5, 5.41) is 2.76. The maximum absolute atomic E-state index is 13.0. The normalized spacial score (nSPS) is 17.7. The van der Waals surface area contributed by atoms with E-state index in [0.717, 1.165) is 24.6 Å². The minimum atomic E-state index is -0.466. The van der Waals surface area contributed by atoms with Gasteiger partial charge in [-0.25, -0.2) is 19.3 Å². The number of hydrogen-bond donors (Lipinski definition) is 1. The number of hydrogen-bond acceptors (Lipinski definition) is 6. The molecule has 0 aromatic carbocycles. The van der Waals surface area contributed by atoms with Gasteiger partial charge in [-0.2, -0.15) is 0 Å². The number of nitrogens with one attached hydrogen (secondary N) is 1. The number of anilines is 1. The Hall–Kier alpha value is -3.04. The van der Waals surface area contributed by atoms with Crippen molar-refractivity contribution in [3.63, 3.8) is 0 Å². The predicted molar refractivity (Wildman–Crippen MR) is 93.7 cm³/mol. The lowest BCUT2D eigenvalue weighted by atomic mass is 10.3. The molecule has 0 saturated carbocycles. The first kappa shape index (κ1) is 17.4. The van der Waals surface area contributed by atoms with Crippen LogP contribution in [0.15, 0.2) is 18.6 Å². The number of carbonyl (C=O) groups is 2. The molecule has 1 N–H and O–H groups in total. The van der Waals surface area contributed by atoms with Gasteiger partial charge in [-0.05, 0) is 6.42 Å². The van der Waals surface area contributed by atoms with Crippen LogP contribution in [-0.2, 0) is 17.8 Å². The Bertz CT molecular complexity index is 826. The minimum Gasteiger partial charge on any atom is -0.354 e. The van der Waals surface area contributed by atoms with Gasteiger partial charge in [-0.15, -0.1) is 0 Å². The number of fused-ring (bicyclic) bond motifs is 1. The molecule has 0 bridgehead atoms. The zero-order valence-corrected chi connectivity index (χ0v) is 14.8. The average Bonchev–Trinajstić information content (AvgIpc) is 2.81. The first-order valence-corrected chi connectivity index (χ1v) is 8.94. The number of nitrogens with zero attached hydrogens (tertiary/aromatic N) is 6. The van der Waals surface area contributed by atoms with E-state index in [-0.39, 0.29) is 18.4 Å². The molecule has 0 atom stereocenters.